The molecule has 1 aliphatic carbocycles. The van der Waals surface area contributed by atoms with Crippen LogP contribution in [0.3, 0.4) is 0 Å². The van der Waals surface area contributed by atoms with E-state index in [0.717, 1.165) is 11.0 Å². The summed E-state index contributed by atoms with van der Waals surface area (Å²) < 4.78 is 33.9. The fraction of sp³-hybridized carbons (Fsp3) is 0.632. The Bertz CT molecular complexity index is 686. The summed E-state index contributed by atoms with van der Waals surface area (Å²) in [5.74, 6) is -4.61. The number of hydrogen-bond donors (Lipinski definition) is 1. The monoisotopic (exact) mass is 467 g/mol. The average Bonchev–Trinajstić information content (AvgIpc) is 3.08. The molecule has 4 nitrogen and oxygen atoms in total. The summed E-state index contributed by atoms with van der Waals surface area (Å²) in [5, 5.41) is 11.7. The molecule has 27 heavy (non-hydrogen) atoms. The molecule has 2 aliphatic rings. The molecule has 0 amide bonds. The van der Waals surface area contributed by atoms with Crippen LogP contribution in [0.5, 0.6) is 0 Å². The molecule has 1 aliphatic heterocycles. The number of likely N-dealkylation sites (N-methyl/N-ethyl adjacent to an activating group) is 1. The van der Waals surface area contributed by atoms with Crippen LogP contribution in [0.1, 0.15) is 31.2 Å². The maximum absolute atomic E-state index is 13.8. The number of nitrogens with zero attached hydrogens (tertiary/aromatic N) is 1. The summed E-state index contributed by atoms with van der Waals surface area (Å²) in [6.07, 6.45) is -0.441. The summed E-state index contributed by atoms with van der Waals surface area (Å²) in [4.78, 5) is 13.0. The van der Waals surface area contributed by atoms with Gasteiger partial charge < -0.3 is 31.3 Å². The summed E-state index contributed by atoms with van der Waals surface area (Å²) >= 11 is 5.90. The first-order chi connectivity index (χ1) is 12.0. The number of likely N-dealkylation sites (tertiary alicyclic amines) is 1. The molecule has 1 aromatic carbocycles. The van der Waals surface area contributed by atoms with Crippen molar-refractivity contribution in [3.05, 3.63) is 34.9 Å². The van der Waals surface area contributed by atoms with Gasteiger partial charge in [0.15, 0.2) is 11.7 Å². The highest BCUT2D eigenvalue weighted by Crippen LogP contribution is 2.48. The molecular formula is C19H25BrClF2NO3. The van der Waals surface area contributed by atoms with Gasteiger partial charge in [-0.2, -0.15) is 0 Å². The lowest BCUT2D eigenvalue weighted by molar-refractivity contribution is -0.879. The van der Waals surface area contributed by atoms with Gasteiger partial charge in [-0.3, -0.25) is 0 Å². The van der Waals surface area contributed by atoms with Crippen molar-refractivity contribution in [1.29, 1.82) is 0 Å². The minimum Gasteiger partial charge on any atom is -1.00 e. The molecular weight excluding hydrogens is 444 g/mol. The quantitative estimate of drug-likeness (QED) is 0.513. The third-order valence-corrected chi connectivity index (χ3v) is 5.87. The van der Waals surface area contributed by atoms with Gasteiger partial charge >= 0.3 is 5.97 Å². The van der Waals surface area contributed by atoms with Gasteiger partial charge in [0.2, 0.25) is 5.92 Å². The standard InChI is InChI=1S/C19H25ClF2NO3.BrH/c1-23(2)10-8-16(12-23)26-17(24)19(25,13-3-5-15(20)6-4-13)14-7-9-18(21,22)11-14;/h3-6,14,16,25H,7-12H2,1-2H3;1H/q+1;/p-1/t14-,16-,19+;/m1./s1. The lowest BCUT2D eigenvalue weighted by Gasteiger charge is -2.33. The molecule has 1 saturated heterocycles. The van der Waals surface area contributed by atoms with Crippen LogP contribution in [0, 0.1) is 5.92 Å². The number of carbonyl (C=O) groups is 1. The minimum atomic E-state index is -2.88. The highest BCUT2D eigenvalue weighted by Gasteiger charge is 2.55. The topological polar surface area (TPSA) is 46.5 Å². The second kappa shape index (κ2) is 7.93. The minimum absolute atomic E-state index is 0. The predicted octanol–water partition coefficient (Wildman–Crippen LogP) is 0.359. The van der Waals surface area contributed by atoms with Crippen LogP contribution in [0.15, 0.2) is 24.3 Å². The maximum Gasteiger partial charge on any atom is 0.343 e. The van der Waals surface area contributed by atoms with Gasteiger partial charge in [0, 0.05) is 30.2 Å². The van der Waals surface area contributed by atoms with Gasteiger partial charge in [0.1, 0.15) is 6.54 Å². The Morgan fingerprint density at radius 3 is 2.41 bits per heavy atom. The molecule has 1 N–H and O–H groups in total. The molecule has 0 aromatic heterocycles. The zero-order valence-electron chi connectivity index (χ0n) is 15.4. The van der Waals surface area contributed by atoms with E-state index in [0.29, 0.717) is 18.0 Å². The van der Waals surface area contributed by atoms with Gasteiger partial charge in [0.25, 0.3) is 0 Å². The molecule has 0 bridgehead atoms. The molecule has 2 fully saturated rings. The number of rotatable bonds is 4. The number of hydrogen-bond acceptors (Lipinski definition) is 3. The van der Waals surface area contributed by atoms with E-state index in [9.17, 15) is 18.7 Å². The first-order valence-electron chi connectivity index (χ1n) is 8.91. The summed E-state index contributed by atoms with van der Waals surface area (Å²) in [7, 11) is 4.08. The molecule has 1 aromatic rings. The van der Waals surface area contributed by atoms with Crippen LogP contribution in [0.2, 0.25) is 5.02 Å². The van der Waals surface area contributed by atoms with Crippen LogP contribution in [-0.4, -0.2) is 54.8 Å². The molecule has 1 heterocycles. The average molecular weight is 469 g/mol. The molecule has 8 heteroatoms. The van der Waals surface area contributed by atoms with Gasteiger partial charge in [-0.1, -0.05) is 23.7 Å². The number of aliphatic hydroxyl groups is 1. The molecule has 3 rings (SSSR count). The zero-order chi connectivity index (χ0) is 19.2. The van der Waals surface area contributed by atoms with Crippen LogP contribution >= 0.6 is 11.6 Å². The Morgan fingerprint density at radius 1 is 1.30 bits per heavy atom. The fourth-order valence-corrected chi connectivity index (χ4v) is 4.22. The summed E-state index contributed by atoms with van der Waals surface area (Å²) in [5.41, 5.74) is -1.84. The van der Waals surface area contributed by atoms with Gasteiger partial charge in [-0.25, -0.2) is 13.6 Å². The molecule has 3 atom stereocenters. The van der Waals surface area contributed by atoms with Crippen molar-refractivity contribution < 1.29 is 44.9 Å². The first kappa shape index (κ1) is 22.5. The van der Waals surface area contributed by atoms with E-state index in [2.05, 4.69) is 0 Å². The zero-order valence-corrected chi connectivity index (χ0v) is 17.8. The largest absolute Gasteiger partial charge is 1.00 e. The lowest BCUT2D eigenvalue weighted by Crippen LogP contribution is -3.00. The van der Waals surface area contributed by atoms with Crippen molar-refractivity contribution in [2.24, 2.45) is 5.92 Å². The number of benzene rings is 1. The predicted molar refractivity (Wildman–Crippen MR) is 94.0 cm³/mol. The maximum atomic E-state index is 13.8. The van der Waals surface area contributed by atoms with Crippen LogP contribution in [-0.2, 0) is 15.1 Å². The smallest absolute Gasteiger partial charge is 0.343 e. The van der Waals surface area contributed by atoms with Crippen molar-refractivity contribution in [3.8, 4) is 0 Å². The van der Waals surface area contributed by atoms with Crippen LogP contribution in [0.25, 0.3) is 0 Å². The first-order valence-corrected chi connectivity index (χ1v) is 9.29. The third kappa shape index (κ3) is 4.81. The van der Waals surface area contributed by atoms with E-state index in [1.54, 1.807) is 0 Å². The SMILES string of the molecule is C[N+]1(C)CC[C@@H](OC(=O)[C@](O)(c2ccc(Cl)cc2)[C@@H]2CCC(F)(F)C2)C1.[Br-]. The van der Waals surface area contributed by atoms with E-state index in [4.69, 9.17) is 16.3 Å². The number of ether oxygens (including phenoxy) is 1. The fourth-order valence-electron chi connectivity index (χ4n) is 4.10. The number of halogens is 4. The van der Waals surface area contributed by atoms with E-state index in [1.807, 2.05) is 14.1 Å². The van der Waals surface area contributed by atoms with Crippen molar-refractivity contribution in [1.82, 2.24) is 0 Å². The van der Waals surface area contributed by atoms with Gasteiger partial charge in [0.05, 0.1) is 20.6 Å². The van der Waals surface area contributed by atoms with Crippen LogP contribution < -0.4 is 17.0 Å². The lowest BCUT2D eigenvalue weighted by atomic mass is 9.80. The Labute approximate surface area is 173 Å². The highest BCUT2D eigenvalue weighted by molar-refractivity contribution is 6.30. The summed E-state index contributed by atoms with van der Waals surface area (Å²) in [6, 6.07) is 6.10. The second-order valence-corrected chi connectivity index (χ2v) is 8.66. The molecule has 1 saturated carbocycles. The van der Waals surface area contributed by atoms with Gasteiger partial charge in [-0.05, 0) is 24.1 Å². The molecule has 0 spiro atoms. The third-order valence-electron chi connectivity index (χ3n) is 5.62. The van der Waals surface area contributed by atoms with E-state index < -0.39 is 29.8 Å². The number of esters is 1. The second-order valence-electron chi connectivity index (χ2n) is 8.23. The molecule has 0 radical (unpaired) electrons. The Balaban J connectivity index is 0.00000261. The Kier molecular flexibility index (Phi) is 6.62. The number of alkyl halides is 2. The van der Waals surface area contributed by atoms with Crippen LogP contribution in [0.4, 0.5) is 8.78 Å². The molecule has 152 valence electrons. The van der Waals surface area contributed by atoms with E-state index in [-0.39, 0.29) is 41.5 Å². The molecule has 0 unspecified atom stereocenters. The van der Waals surface area contributed by atoms with Gasteiger partial charge in [-0.15, -0.1) is 0 Å². The van der Waals surface area contributed by atoms with Crippen molar-refractivity contribution in [3.63, 3.8) is 0 Å². The Morgan fingerprint density at radius 2 is 1.93 bits per heavy atom. The normalized spacial score (nSPS) is 28.2. The van der Waals surface area contributed by atoms with Crippen molar-refractivity contribution in [2.45, 2.75) is 43.3 Å². The Hall–Kier alpha value is -0.760. The van der Waals surface area contributed by atoms with E-state index in [1.165, 1.54) is 24.3 Å². The summed E-state index contributed by atoms with van der Waals surface area (Å²) in [6.45, 7) is 1.50. The number of carbonyl (C=O) groups excluding carboxylic acids is 1. The number of quaternary nitrogens is 1. The van der Waals surface area contributed by atoms with Crippen molar-refractivity contribution in [2.75, 3.05) is 27.2 Å². The highest BCUT2D eigenvalue weighted by atomic mass is 79.9. The van der Waals surface area contributed by atoms with Crippen molar-refractivity contribution >= 4 is 17.6 Å². The van der Waals surface area contributed by atoms with E-state index >= 15 is 0 Å².